The summed E-state index contributed by atoms with van der Waals surface area (Å²) in [6, 6.07) is 13.0. The number of nitrogen functional groups attached to an aromatic ring is 1. The van der Waals surface area contributed by atoms with Crippen LogP contribution >= 0.6 is 0 Å². The summed E-state index contributed by atoms with van der Waals surface area (Å²) in [7, 11) is 0. The van der Waals surface area contributed by atoms with Crippen LogP contribution in [-0.4, -0.2) is 68.0 Å². The number of carbonyl (C=O) groups excluding carboxylic acids is 2. The Morgan fingerprint density at radius 2 is 1.85 bits per heavy atom. The van der Waals surface area contributed by atoms with Gasteiger partial charge in [-0.1, -0.05) is 12.1 Å². The van der Waals surface area contributed by atoms with Gasteiger partial charge in [-0.2, -0.15) is 18.3 Å². The maximum Gasteiger partial charge on any atom is 0.420 e. The Kier molecular flexibility index (Phi) is 7.54. The highest BCUT2D eigenvalue weighted by Crippen LogP contribution is 2.31. The van der Waals surface area contributed by atoms with Gasteiger partial charge in [0.1, 0.15) is 17.2 Å². The maximum absolute atomic E-state index is 14.0. The largest absolute Gasteiger partial charge is 0.420 e. The van der Waals surface area contributed by atoms with Gasteiger partial charge in [-0.15, -0.1) is 0 Å². The first-order valence-corrected chi connectivity index (χ1v) is 11.7. The van der Waals surface area contributed by atoms with E-state index in [1.807, 2.05) is 5.32 Å². The van der Waals surface area contributed by atoms with Crippen molar-refractivity contribution in [3.05, 3.63) is 83.9 Å². The molecular formula is C26H24F4N6O3. The van der Waals surface area contributed by atoms with Crippen LogP contribution in [0, 0.1) is 5.82 Å². The van der Waals surface area contributed by atoms with Crippen molar-refractivity contribution in [2.45, 2.75) is 18.7 Å². The number of hydrogen-bond donors (Lipinski definition) is 3. The Bertz CT molecular complexity index is 1510. The molecule has 39 heavy (non-hydrogen) atoms. The first-order chi connectivity index (χ1) is 18.4. The molecular weight excluding hydrogens is 520 g/mol. The summed E-state index contributed by atoms with van der Waals surface area (Å²) >= 11 is 0. The summed E-state index contributed by atoms with van der Waals surface area (Å²) in [6.07, 6.45) is -2.64. The summed E-state index contributed by atoms with van der Waals surface area (Å²) in [6.45, 7) is -1.09. The molecule has 0 aliphatic heterocycles. The number of nitrogens with two attached hydrogens (primary N) is 1. The number of aromatic nitrogens is 3. The lowest BCUT2D eigenvalue weighted by atomic mass is 10.0. The molecule has 2 aromatic heterocycles. The molecule has 0 saturated carbocycles. The lowest BCUT2D eigenvalue weighted by Crippen LogP contribution is -2.60. The summed E-state index contributed by atoms with van der Waals surface area (Å²) < 4.78 is 56.4. The molecule has 2 aromatic carbocycles. The molecule has 9 nitrogen and oxygen atoms in total. The van der Waals surface area contributed by atoms with Gasteiger partial charge in [0.15, 0.2) is 5.60 Å². The molecule has 2 amide bonds. The molecule has 204 valence electrons. The topological polar surface area (TPSA) is 126 Å². The van der Waals surface area contributed by atoms with Gasteiger partial charge in [-0.3, -0.25) is 14.6 Å². The fourth-order valence-corrected chi connectivity index (χ4v) is 3.91. The predicted molar refractivity (Wildman–Crippen MR) is 135 cm³/mol. The molecule has 0 fully saturated rings. The molecule has 13 heteroatoms. The molecule has 0 aliphatic carbocycles. The van der Waals surface area contributed by atoms with Crippen LogP contribution in [-0.2, 0) is 0 Å². The van der Waals surface area contributed by atoms with Crippen molar-refractivity contribution in [3.8, 4) is 5.69 Å². The zero-order valence-corrected chi connectivity index (χ0v) is 20.6. The zero-order chi connectivity index (χ0) is 28.4. The third kappa shape index (κ3) is 5.67. The molecule has 1 atom stereocenters. The first kappa shape index (κ1) is 27.5. The number of halogens is 4. The minimum atomic E-state index is -5.21. The number of carbonyl (C=O) groups is 2. The number of pyridine rings is 1. The minimum absolute atomic E-state index is 0.0950. The number of aliphatic hydroxyl groups is 1. The molecule has 4 aromatic rings. The van der Waals surface area contributed by atoms with Crippen LogP contribution in [0.15, 0.2) is 67.0 Å². The lowest BCUT2D eigenvalue weighted by Gasteiger charge is -2.35. The van der Waals surface area contributed by atoms with Gasteiger partial charge in [0, 0.05) is 23.7 Å². The average Bonchev–Trinajstić information content (AvgIpc) is 3.30. The normalized spacial score (nSPS) is 13.2. The molecule has 0 radical (unpaired) electrons. The molecule has 0 aliphatic rings. The van der Waals surface area contributed by atoms with E-state index in [2.05, 4.69) is 10.1 Å². The Morgan fingerprint density at radius 1 is 1.13 bits per heavy atom. The van der Waals surface area contributed by atoms with Gasteiger partial charge in [-0.25, -0.2) is 9.07 Å². The fraction of sp³-hybridized carbons (Fsp3) is 0.231. The highest BCUT2D eigenvalue weighted by molar-refractivity contribution is 5.99. The molecule has 4 N–H and O–H groups in total. The Balaban J connectivity index is 1.52. The van der Waals surface area contributed by atoms with Gasteiger partial charge in [-0.05, 0) is 49.4 Å². The number of alkyl halides is 3. The number of amides is 2. The second-order valence-electron chi connectivity index (χ2n) is 8.77. The van der Waals surface area contributed by atoms with Crippen molar-refractivity contribution >= 4 is 28.5 Å². The van der Waals surface area contributed by atoms with Crippen LogP contribution in [0.5, 0.6) is 0 Å². The highest BCUT2D eigenvalue weighted by Gasteiger charge is 2.55. The third-order valence-electron chi connectivity index (χ3n) is 6.17. The summed E-state index contributed by atoms with van der Waals surface area (Å²) in [5, 5.41) is 17.4. The van der Waals surface area contributed by atoms with Crippen LogP contribution < -0.4 is 11.1 Å². The second-order valence-corrected chi connectivity index (χ2v) is 8.77. The van der Waals surface area contributed by atoms with E-state index >= 15 is 0 Å². The Hall–Kier alpha value is -4.52. The van der Waals surface area contributed by atoms with Crippen LogP contribution in [0.25, 0.3) is 16.6 Å². The van der Waals surface area contributed by atoms with Crippen LogP contribution in [0.2, 0.25) is 0 Å². The number of anilines is 1. The number of fused-ring (bicyclic) bond motifs is 1. The van der Waals surface area contributed by atoms with E-state index in [9.17, 15) is 32.3 Å². The quantitative estimate of drug-likeness (QED) is 0.292. The molecule has 0 bridgehead atoms. The van der Waals surface area contributed by atoms with E-state index in [1.165, 1.54) is 37.4 Å². The second kappa shape index (κ2) is 10.7. The zero-order valence-electron chi connectivity index (χ0n) is 20.6. The average molecular weight is 545 g/mol. The van der Waals surface area contributed by atoms with Gasteiger partial charge in [0.05, 0.1) is 30.5 Å². The first-order valence-electron chi connectivity index (χ1n) is 11.7. The van der Waals surface area contributed by atoms with Crippen molar-refractivity contribution in [1.29, 1.82) is 0 Å². The summed E-state index contributed by atoms with van der Waals surface area (Å²) in [5.74, 6) is -2.49. The minimum Gasteiger partial charge on any atom is -0.383 e. The van der Waals surface area contributed by atoms with Gasteiger partial charge in [0.2, 0.25) is 0 Å². The number of nitrogens with one attached hydrogen (secondary N) is 1. The van der Waals surface area contributed by atoms with Crippen LogP contribution in [0.3, 0.4) is 0 Å². The number of hydrogen-bond acceptors (Lipinski definition) is 6. The molecule has 4 rings (SSSR count). The van der Waals surface area contributed by atoms with Crippen molar-refractivity contribution in [2.24, 2.45) is 0 Å². The van der Waals surface area contributed by atoms with Gasteiger partial charge >= 0.3 is 6.18 Å². The lowest BCUT2D eigenvalue weighted by molar-refractivity contribution is -0.259. The summed E-state index contributed by atoms with van der Waals surface area (Å²) in [5.41, 5.74) is 3.11. The van der Waals surface area contributed by atoms with Crippen molar-refractivity contribution < 1.29 is 32.3 Å². The highest BCUT2D eigenvalue weighted by atomic mass is 19.4. The van der Waals surface area contributed by atoms with E-state index in [1.54, 1.807) is 18.2 Å². The maximum atomic E-state index is 14.0. The third-order valence-corrected chi connectivity index (χ3v) is 6.17. The van der Waals surface area contributed by atoms with Gasteiger partial charge in [0.25, 0.3) is 11.8 Å². The Labute approximate surface area is 219 Å². The Morgan fingerprint density at radius 3 is 2.51 bits per heavy atom. The van der Waals surface area contributed by atoms with E-state index < -0.39 is 42.5 Å². The number of likely N-dealkylation sites (N-methyl/N-ethyl adjacent to an activating group) is 1. The van der Waals surface area contributed by atoms with E-state index in [-0.39, 0.29) is 23.5 Å². The predicted octanol–water partition coefficient (Wildman–Crippen LogP) is 3.33. The summed E-state index contributed by atoms with van der Waals surface area (Å²) in [4.78, 5) is 30.8. The standard InChI is InChI=1S/C26H24F4N6O3/c1-2-35(24(38)17-6-5-16-4-3-11-32-21(16)12-17)15-25(39,26(28,29)30)14-33-23(37)20-13-34-36(22(20)31)19-9-7-18(27)8-10-19/h3-13,39H,2,14-15,31H2,1H3,(H,33,37). The SMILES string of the molecule is CCN(CC(O)(CNC(=O)c1cnn(-c2ccc(F)cc2)c1N)C(F)(F)F)C(=O)c1ccc2cccnc2c1. The van der Waals surface area contributed by atoms with E-state index in [4.69, 9.17) is 5.73 Å². The van der Waals surface area contributed by atoms with Crippen molar-refractivity contribution in [2.75, 3.05) is 25.4 Å². The number of rotatable bonds is 8. The smallest absolute Gasteiger partial charge is 0.383 e. The molecule has 0 spiro atoms. The number of nitrogens with zero attached hydrogens (tertiary/aromatic N) is 4. The van der Waals surface area contributed by atoms with Crippen molar-refractivity contribution in [3.63, 3.8) is 0 Å². The van der Waals surface area contributed by atoms with Crippen LogP contribution in [0.1, 0.15) is 27.6 Å². The monoisotopic (exact) mass is 544 g/mol. The number of benzene rings is 2. The molecule has 0 saturated heterocycles. The van der Waals surface area contributed by atoms with E-state index in [0.29, 0.717) is 11.2 Å². The van der Waals surface area contributed by atoms with Gasteiger partial charge < -0.3 is 21.1 Å². The van der Waals surface area contributed by atoms with Crippen LogP contribution in [0.4, 0.5) is 23.4 Å². The fourth-order valence-electron chi connectivity index (χ4n) is 3.91. The molecule has 1 unspecified atom stereocenters. The van der Waals surface area contributed by atoms with Crippen molar-refractivity contribution in [1.82, 2.24) is 25.0 Å². The van der Waals surface area contributed by atoms with E-state index in [0.717, 1.165) is 33.3 Å². The molecule has 2 heterocycles.